The molecule has 0 fully saturated rings. The summed E-state index contributed by atoms with van der Waals surface area (Å²) >= 11 is 0. The van der Waals surface area contributed by atoms with E-state index in [0.29, 0.717) is 42.3 Å². The Balaban J connectivity index is 1.22. The molecule has 0 bridgehead atoms. The summed E-state index contributed by atoms with van der Waals surface area (Å²) in [4.78, 5) is 24.9. The molecule has 0 atom stereocenters. The van der Waals surface area contributed by atoms with Gasteiger partial charge in [0.2, 0.25) is 0 Å². The van der Waals surface area contributed by atoms with Crippen LogP contribution in [0.5, 0.6) is 11.5 Å². The van der Waals surface area contributed by atoms with E-state index in [1.165, 1.54) is 0 Å². The van der Waals surface area contributed by atoms with Crippen molar-refractivity contribution in [1.29, 1.82) is 0 Å². The zero-order valence-electron chi connectivity index (χ0n) is 19.1. The van der Waals surface area contributed by atoms with Crippen molar-refractivity contribution >= 4 is 17.5 Å². The van der Waals surface area contributed by atoms with E-state index in [0.717, 1.165) is 11.3 Å². The fourth-order valence-electron chi connectivity index (χ4n) is 3.33. The first-order chi connectivity index (χ1) is 17.2. The Kier molecular flexibility index (Phi) is 8.11. The van der Waals surface area contributed by atoms with Gasteiger partial charge in [0, 0.05) is 23.4 Å². The number of amides is 2. The number of hydrogen-bond acceptors (Lipinski definition) is 4. The number of hydrogen-bond donors (Lipinski definition) is 2. The minimum atomic E-state index is -0.245. The first-order valence-corrected chi connectivity index (χ1v) is 11.3. The minimum Gasteiger partial charge on any atom is -0.490 e. The van der Waals surface area contributed by atoms with E-state index >= 15 is 0 Å². The molecule has 2 N–H and O–H groups in total. The van der Waals surface area contributed by atoms with Gasteiger partial charge in [0.25, 0.3) is 11.8 Å². The van der Waals surface area contributed by atoms with E-state index < -0.39 is 0 Å². The van der Waals surface area contributed by atoms with Crippen molar-refractivity contribution in [3.05, 3.63) is 126 Å². The molecule has 0 aromatic heterocycles. The second-order valence-corrected chi connectivity index (χ2v) is 7.73. The summed E-state index contributed by atoms with van der Waals surface area (Å²) in [5.74, 6) is 1.04. The van der Waals surface area contributed by atoms with Crippen LogP contribution in [0.1, 0.15) is 26.3 Å². The first kappa shape index (κ1) is 23.6. The Morgan fingerprint density at radius 3 is 1.71 bits per heavy atom. The van der Waals surface area contributed by atoms with Gasteiger partial charge in [-0.15, -0.1) is 0 Å². The number of nitrogens with one attached hydrogen (secondary N) is 2. The number of anilines is 1. The highest BCUT2D eigenvalue weighted by atomic mass is 16.5. The maximum Gasteiger partial charge on any atom is 0.255 e. The summed E-state index contributed by atoms with van der Waals surface area (Å²) in [6, 6.07) is 32.9. The topological polar surface area (TPSA) is 76.7 Å². The van der Waals surface area contributed by atoms with Gasteiger partial charge >= 0.3 is 0 Å². The Morgan fingerprint density at radius 1 is 0.571 bits per heavy atom. The molecular formula is C29H26N2O4. The van der Waals surface area contributed by atoms with Gasteiger partial charge in [-0.1, -0.05) is 48.5 Å². The highest BCUT2D eigenvalue weighted by Crippen LogP contribution is 2.16. The van der Waals surface area contributed by atoms with Gasteiger partial charge in [-0.3, -0.25) is 9.59 Å². The first-order valence-electron chi connectivity index (χ1n) is 11.3. The van der Waals surface area contributed by atoms with E-state index in [2.05, 4.69) is 10.6 Å². The van der Waals surface area contributed by atoms with E-state index in [4.69, 9.17) is 9.47 Å². The molecule has 4 aromatic carbocycles. The van der Waals surface area contributed by atoms with Crippen LogP contribution in [0.4, 0.5) is 5.69 Å². The number of ether oxygens (including phenoxy) is 2. The lowest BCUT2D eigenvalue weighted by Gasteiger charge is -2.10. The van der Waals surface area contributed by atoms with Gasteiger partial charge in [0.05, 0.1) is 0 Å². The van der Waals surface area contributed by atoms with Crippen molar-refractivity contribution in [3.63, 3.8) is 0 Å². The Morgan fingerprint density at radius 2 is 1.09 bits per heavy atom. The van der Waals surface area contributed by atoms with Crippen molar-refractivity contribution in [2.24, 2.45) is 0 Å². The van der Waals surface area contributed by atoms with Gasteiger partial charge in [0.1, 0.15) is 24.7 Å². The standard InChI is InChI=1S/C29H26N2O4/c32-28(30-21-22-7-3-1-4-8-22)23-11-15-25(16-12-23)31-29(33)24-13-17-27(18-14-24)35-20-19-34-26-9-5-2-6-10-26/h1-18H,19-21H2,(H,30,32)(H,31,33). The summed E-state index contributed by atoms with van der Waals surface area (Å²) in [6.45, 7) is 1.27. The molecule has 0 heterocycles. The molecule has 0 aliphatic heterocycles. The lowest BCUT2D eigenvalue weighted by molar-refractivity contribution is 0.0950. The molecule has 2 amide bonds. The van der Waals surface area contributed by atoms with Gasteiger partial charge in [-0.25, -0.2) is 0 Å². The number of para-hydroxylation sites is 1. The average Bonchev–Trinajstić information content (AvgIpc) is 2.91. The second kappa shape index (κ2) is 12.0. The number of carbonyl (C=O) groups is 2. The Labute approximate surface area is 204 Å². The van der Waals surface area contributed by atoms with E-state index in [9.17, 15) is 9.59 Å². The lowest BCUT2D eigenvalue weighted by Crippen LogP contribution is -2.22. The maximum absolute atomic E-state index is 12.6. The third kappa shape index (κ3) is 7.20. The van der Waals surface area contributed by atoms with Crippen LogP contribution in [0.25, 0.3) is 0 Å². The number of rotatable bonds is 10. The number of carbonyl (C=O) groups excluding carboxylic acids is 2. The van der Waals surface area contributed by atoms with Crippen molar-refractivity contribution < 1.29 is 19.1 Å². The molecule has 6 nitrogen and oxygen atoms in total. The van der Waals surface area contributed by atoms with Crippen LogP contribution in [-0.4, -0.2) is 25.0 Å². The van der Waals surface area contributed by atoms with Crippen LogP contribution in [0.2, 0.25) is 0 Å². The molecule has 176 valence electrons. The molecule has 0 aliphatic carbocycles. The SMILES string of the molecule is O=C(NCc1ccccc1)c1ccc(NC(=O)c2ccc(OCCOc3ccccc3)cc2)cc1. The van der Waals surface area contributed by atoms with E-state index in [1.807, 2.05) is 60.7 Å². The summed E-state index contributed by atoms with van der Waals surface area (Å²) in [7, 11) is 0. The third-order valence-corrected chi connectivity index (χ3v) is 5.18. The summed E-state index contributed by atoms with van der Waals surface area (Å²) in [6.07, 6.45) is 0. The molecule has 0 spiro atoms. The van der Waals surface area contributed by atoms with Crippen LogP contribution in [0.15, 0.2) is 109 Å². The minimum absolute atomic E-state index is 0.170. The molecule has 0 radical (unpaired) electrons. The zero-order valence-corrected chi connectivity index (χ0v) is 19.1. The summed E-state index contributed by atoms with van der Waals surface area (Å²) in [5.41, 5.74) is 2.66. The number of benzene rings is 4. The van der Waals surface area contributed by atoms with Gasteiger partial charge in [-0.2, -0.15) is 0 Å². The van der Waals surface area contributed by atoms with Crippen LogP contribution >= 0.6 is 0 Å². The quantitative estimate of drug-likeness (QED) is 0.310. The van der Waals surface area contributed by atoms with Crippen molar-refractivity contribution in [2.45, 2.75) is 6.54 Å². The molecular weight excluding hydrogens is 440 g/mol. The van der Waals surface area contributed by atoms with Crippen LogP contribution in [0, 0.1) is 0 Å². The second-order valence-electron chi connectivity index (χ2n) is 7.73. The van der Waals surface area contributed by atoms with E-state index in [1.54, 1.807) is 48.5 Å². The van der Waals surface area contributed by atoms with Crippen LogP contribution < -0.4 is 20.1 Å². The molecule has 4 aromatic rings. The molecule has 0 unspecified atom stereocenters. The molecule has 4 rings (SSSR count). The Bertz CT molecular complexity index is 1230. The highest BCUT2D eigenvalue weighted by molar-refractivity contribution is 6.04. The molecule has 35 heavy (non-hydrogen) atoms. The smallest absolute Gasteiger partial charge is 0.255 e. The molecule has 0 aliphatic rings. The fourth-order valence-corrected chi connectivity index (χ4v) is 3.33. The molecule has 0 saturated heterocycles. The van der Waals surface area contributed by atoms with E-state index in [-0.39, 0.29) is 11.8 Å². The maximum atomic E-state index is 12.6. The average molecular weight is 467 g/mol. The molecule has 6 heteroatoms. The predicted octanol–water partition coefficient (Wildman–Crippen LogP) is 5.33. The monoisotopic (exact) mass is 466 g/mol. The predicted molar refractivity (Wildman–Crippen MR) is 136 cm³/mol. The summed E-state index contributed by atoms with van der Waals surface area (Å²) in [5, 5.41) is 5.73. The van der Waals surface area contributed by atoms with Gasteiger partial charge < -0.3 is 20.1 Å². The molecule has 0 saturated carbocycles. The van der Waals surface area contributed by atoms with Crippen molar-refractivity contribution in [2.75, 3.05) is 18.5 Å². The van der Waals surface area contributed by atoms with Gasteiger partial charge in [-0.05, 0) is 66.2 Å². The Hall–Kier alpha value is -4.58. The van der Waals surface area contributed by atoms with Crippen LogP contribution in [-0.2, 0) is 6.54 Å². The third-order valence-electron chi connectivity index (χ3n) is 5.18. The lowest BCUT2D eigenvalue weighted by atomic mass is 10.1. The normalized spacial score (nSPS) is 10.3. The zero-order chi connectivity index (χ0) is 24.3. The summed E-state index contributed by atoms with van der Waals surface area (Å²) < 4.78 is 11.3. The fraction of sp³-hybridized carbons (Fsp3) is 0.103. The largest absolute Gasteiger partial charge is 0.490 e. The van der Waals surface area contributed by atoms with Crippen molar-refractivity contribution in [1.82, 2.24) is 5.32 Å². The van der Waals surface area contributed by atoms with Crippen molar-refractivity contribution in [3.8, 4) is 11.5 Å². The van der Waals surface area contributed by atoms with Crippen LogP contribution in [0.3, 0.4) is 0 Å². The highest BCUT2D eigenvalue weighted by Gasteiger charge is 2.09. The van der Waals surface area contributed by atoms with Gasteiger partial charge in [0.15, 0.2) is 0 Å².